The number of hydrogen-bond acceptors (Lipinski definition) is 1. The molecule has 0 N–H and O–H groups in total. The van der Waals surface area contributed by atoms with Gasteiger partial charge in [-0.2, -0.15) is 0 Å². The lowest BCUT2D eigenvalue weighted by Gasteiger charge is -2.66. The quantitative estimate of drug-likeness (QED) is 0.691. The van der Waals surface area contributed by atoms with Crippen molar-refractivity contribution in [3.63, 3.8) is 0 Å². The zero-order valence-electron chi connectivity index (χ0n) is 12.7. The molecule has 0 radical (unpaired) electrons. The van der Waals surface area contributed by atoms with E-state index in [0.29, 0.717) is 11.0 Å². The van der Waals surface area contributed by atoms with Crippen molar-refractivity contribution >= 4 is 0 Å². The normalized spacial score (nSPS) is 39.0. The minimum absolute atomic E-state index is 0.346. The second-order valence-electron chi connectivity index (χ2n) is 7.66. The third kappa shape index (κ3) is 1.95. The molecule has 2 rings (SSSR count). The maximum atomic E-state index is 2.83. The van der Waals surface area contributed by atoms with Gasteiger partial charge in [-0.05, 0) is 70.3 Å². The fraction of sp³-hybridized carbons (Fsp3) is 1.00. The van der Waals surface area contributed by atoms with E-state index in [1.54, 1.807) is 0 Å². The van der Waals surface area contributed by atoms with Crippen LogP contribution in [-0.2, 0) is 0 Å². The molecule has 1 saturated heterocycles. The molecule has 100 valence electrons. The fourth-order valence-corrected chi connectivity index (χ4v) is 4.61. The molecule has 1 saturated carbocycles. The molecule has 1 nitrogen and oxygen atoms in total. The number of piperidine rings is 1. The molecule has 1 heterocycles. The lowest BCUT2D eigenvalue weighted by molar-refractivity contribution is -0.162. The van der Waals surface area contributed by atoms with Gasteiger partial charge in [-0.3, -0.25) is 4.90 Å². The second kappa shape index (κ2) is 4.26. The van der Waals surface area contributed by atoms with Gasteiger partial charge in [-0.25, -0.2) is 0 Å². The van der Waals surface area contributed by atoms with E-state index in [1.807, 2.05) is 0 Å². The SMILES string of the molecule is CCC1(C(C)C)CC2CCCN(C(C)(C)C)C21. The Balaban J connectivity index is 2.25. The number of hydrogen-bond donors (Lipinski definition) is 0. The fourth-order valence-electron chi connectivity index (χ4n) is 4.61. The molecule has 3 unspecified atom stereocenters. The van der Waals surface area contributed by atoms with Crippen molar-refractivity contribution in [1.82, 2.24) is 4.90 Å². The molecule has 0 aromatic rings. The molecule has 0 aromatic carbocycles. The average Bonchev–Trinajstić information content (AvgIpc) is 2.18. The van der Waals surface area contributed by atoms with Gasteiger partial charge in [0.05, 0.1) is 0 Å². The topological polar surface area (TPSA) is 3.24 Å². The largest absolute Gasteiger partial charge is 0.295 e. The van der Waals surface area contributed by atoms with Crippen molar-refractivity contribution in [2.75, 3.05) is 6.54 Å². The Labute approximate surface area is 108 Å². The van der Waals surface area contributed by atoms with Crippen molar-refractivity contribution in [2.45, 2.75) is 78.8 Å². The predicted molar refractivity (Wildman–Crippen MR) is 75.2 cm³/mol. The summed E-state index contributed by atoms with van der Waals surface area (Å²) in [6.45, 7) is 15.8. The summed E-state index contributed by atoms with van der Waals surface area (Å²) in [6.07, 6.45) is 5.73. The Morgan fingerprint density at radius 3 is 2.41 bits per heavy atom. The highest BCUT2D eigenvalue weighted by Crippen LogP contribution is 2.59. The van der Waals surface area contributed by atoms with Gasteiger partial charge in [0.1, 0.15) is 0 Å². The van der Waals surface area contributed by atoms with Crippen LogP contribution in [-0.4, -0.2) is 23.0 Å². The van der Waals surface area contributed by atoms with E-state index >= 15 is 0 Å². The van der Waals surface area contributed by atoms with Crippen molar-refractivity contribution in [1.29, 1.82) is 0 Å². The molecule has 2 fully saturated rings. The van der Waals surface area contributed by atoms with Crippen LogP contribution >= 0.6 is 0 Å². The molecule has 0 spiro atoms. The maximum absolute atomic E-state index is 2.83. The third-order valence-electron chi connectivity index (χ3n) is 5.66. The Morgan fingerprint density at radius 1 is 1.29 bits per heavy atom. The number of nitrogens with zero attached hydrogens (tertiary/aromatic N) is 1. The number of rotatable bonds is 2. The highest BCUT2D eigenvalue weighted by atomic mass is 15.2. The van der Waals surface area contributed by atoms with E-state index < -0.39 is 0 Å². The highest BCUT2D eigenvalue weighted by Gasteiger charge is 2.58. The van der Waals surface area contributed by atoms with E-state index in [9.17, 15) is 0 Å². The molecule has 0 aromatic heterocycles. The van der Waals surface area contributed by atoms with Gasteiger partial charge in [0.15, 0.2) is 0 Å². The monoisotopic (exact) mass is 237 g/mol. The van der Waals surface area contributed by atoms with Crippen LogP contribution < -0.4 is 0 Å². The van der Waals surface area contributed by atoms with Crippen LogP contribution in [0.3, 0.4) is 0 Å². The highest BCUT2D eigenvalue weighted by molar-refractivity contribution is 5.11. The van der Waals surface area contributed by atoms with E-state index in [2.05, 4.69) is 46.4 Å². The van der Waals surface area contributed by atoms with Crippen LogP contribution in [0.5, 0.6) is 0 Å². The minimum Gasteiger partial charge on any atom is -0.295 e. The van der Waals surface area contributed by atoms with Crippen LogP contribution in [0, 0.1) is 17.3 Å². The molecular weight excluding hydrogens is 206 g/mol. The van der Waals surface area contributed by atoms with Crippen molar-refractivity contribution in [3.8, 4) is 0 Å². The summed E-state index contributed by atoms with van der Waals surface area (Å²) >= 11 is 0. The third-order valence-corrected chi connectivity index (χ3v) is 5.66. The number of likely N-dealkylation sites (tertiary alicyclic amines) is 1. The summed E-state index contributed by atoms with van der Waals surface area (Å²) in [5.74, 6) is 1.82. The summed E-state index contributed by atoms with van der Waals surface area (Å²) in [5.41, 5.74) is 0.956. The van der Waals surface area contributed by atoms with Crippen molar-refractivity contribution in [2.24, 2.45) is 17.3 Å². The van der Waals surface area contributed by atoms with Crippen LogP contribution in [0.1, 0.15) is 67.2 Å². The standard InChI is InChI=1S/C16H31N/c1-7-16(12(2)3)11-13-9-8-10-17(14(13)16)15(4,5)6/h12-14H,7-11H2,1-6H3. The molecular formula is C16H31N. The summed E-state index contributed by atoms with van der Waals surface area (Å²) in [5, 5.41) is 0. The summed E-state index contributed by atoms with van der Waals surface area (Å²) < 4.78 is 0. The zero-order chi connectivity index (χ0) is 12.8. The van der Waals surface area contributed by atoms with Gasteiger partial charge in [0, 0.05) is 11.6 Å². The zero-order valence-corrected chi connectivity index (χ0v) is 12.7. The van der Waals surface area contributed by atoms with Crippen LogP contribution in [0.4, 0.5) is 0 Å². The summed E-state index contributed by atoms with van der Waals surface area (Å²) in [4.78, 5) is 2.83. The van der Waals surface area contributed by atoms with Crippen LogP contribution in [0.15, 0.2) is 0 Å². The molecule has 1 aliphatic carbocycles. The lowest BCUT2D eigenvalue weighted by atomic mass is 9.49. The van der Waals surface area contributed by atoms with Gasteiger partial charge < -0.3 is 0 Å². The Bertz CT molecular complexity index is 276. The Hall–Kier alpha value is -0.0400. The van der Waals surface area contributed by atoms with Crippen LogP contribution in [0.25, 0.3) is 0 Å². The van der Waals surface area contributed by atoms with Gasteiger partial charge in [0.25, 0.3) is 0 Å². The lowest BCUT2D eigenvalue weighted by Crippen LogP contribution is -2.68. The summed E-state index contributed by atoms with van der Waals surface area (Å²) in [6, 6.07) is 0.862. The molecule has 0 bridgehead atoms. The Morgan fingerprint density at radius 2 is 1.94 bits per heavy atom. The van der Waals surface area contributed by atoms with Crippen molar-refractivity contribution in [3.05, 3.63) is 0 Å². The van der Waals surface area contributed by atoms with E-state index in [1.165, 1.54) is 32.2 Å². The molecule has 0 amide bonds. The molecule has 1 heteroatoms. The van der Waals surface area contributed by atoms with E-state index in [0.717, 1.165) is 17.9 Å². The van der Waals surface area contributed by atoms with Crippen molar-refractivity contribution < 1.29 is 0 Å². The second-order valence-corrected chi connectivity index (χ2v) is 7.66. The van der Waals surface area contributed by atoms with Gasteiger partial charge in [-0.1, -0.05) is 20.8 Å². The first kappa shape index (κ1) is 13.4. The first-order chi connectivity index (χ1) is 7.83. The molecule has 17 heavy (non-hydrogen) atoms. The average molecular weight is 237 g/mol. The van der Waals surface area contributed by atoms with E-state index in [-0.39, 0.29) is 0 Å². The van der Waals surface area contributed by atoms with Gasteiger partial charge >= 0.3 is 0 Å². The first-order valence-corrected chi connectivity index (χ1v) is 7.59. The van der Waals surface area contributed by atoms with E-state index in [4.69, 9.17) is 0 Å². The van der Waals surface area contributed by atoms with Crippen LogP contribution in [0.2, 0.25) is 0 Å². The first-order valence-electron chi connectivity index (χ1n) is 7.59. The maximum Gasteiger partial charge on any atom is 0.0188 e. The molecule has 3 atom stereocenters. The molecule has 2 aliphatic rings. The summed E-state index contributed by atoms with van der Waals surface area (Å²) in [7, 11) is 0. The number of fused-ring (bicyclic) bond motifs is 1. The Kier molecular flexibility index (Phi) is 3.36. The predicted octanol–water partition coefficient (Wildman–Crippen LogP) is 4.32. The minimum atomic E-state index is 0.346. The van der Waals surface area contributed by atoms with Gasteiger partial charge in [0.2, 0.25) is 0 Å². The molecule has 1 aliphatic heterocycles. The van der Waals surface area contributed by atoms with Gasteiger partial charge in [-0.15, -0.1) is 0 Å². The smallest absolute Gasteiger partial charge is 0.0188 e.